The number of carbonyl (C=O) groups is 1. The van der Waals surface area contributed by atoms with Crippen LogP contribution in [0.15, 0.2) is 47.1 Å². The van der Waals surface area contributed by atoms with Crippen LogP contribution in [0.3, 0.4) is 0 Å². The fourth-order valence-corrected chi connectivity index (χ4v) is 1.31. The molecule has 1 heterocycles. The van der Waals surface area contributed by atoms with Gasteiger partial charge in [0.2, 0.25) is 0 Å². The van der Waals surface area contributed by atoms with Gasteiger partial charge in [0.25, 0.3) is 0 Å². The Morgan fingerprint density at radius 3 is 2.69 bits per heavy atom. The van der Waals surface area contributed by atoms with Crippen LogP contribution in [0.1, 0.15) is 16.1 Å². The highest BCUT2D eigenvalue weighted by Crippen LogP contribution is 2.15. The maximum absolute atomic E-state index is 10.8. The van der Waals surface area contributed by atoms with Crippen molar-refractivity contribution in [2.45, 2.75) is 6.61 Å². The van der Waals surface area contributed by atoms with Crippen molar-refractivity contribution in [1.29, 1.82) is 0 Å². The standard InChI is InChI=1S/C12H10O4/c13-12(14)10-6-7-15-11(10)8-16-9-4-2-1-3-5-9/h1-7H,8H2,(H,13,14). The normalized spacial score (nSPS) is 10.0. The van der Waals surface area contributed by atoms with E-state index in [1.165, 1.54) is 12.3 Å². The van der Waals surface area contributed by atoms with Crippen LogP contribution in [0.25, 0.3) is 0 Å². The van der Waals surface area contributed by atoms with Crippen LogP contribution in [0, 0.1) is 0 Å². The van der Waals surface area contributed by atoms with Crippen LogP contribution in [-0.2, 0) is 6.61 Å². The minimum atomic E-state index is -1.01. The van der Waals surface area contributed by atoms with Crippen molar-refractivity contribution < 1.29 is 19.1 Å². The molecule has 4 nitrogen and oxygen atoms in total. The van der Waals surface area contributed by atoms with Gasteiger partial charge in [-0.3, -0.25) is 0 Å². The average molecular weight is 218 g/mol. The fraction of sp³-hybridized carbons (Fsp3) is 0.0833. The summed E-state index contributed by atoms with van der Waals surface area (Å²) < 4.78 is 10.4. The summed E-state index contributed by atoms with van der Waals surface area (Å²) in [7, 11) is 0. The Balaban J connectivity index is 2.05. The highest BCUT2D eigenvalue weighted by atomic mass is 16.5. The molecule has 0 spiro atoms. The van der Waals surface area contributed by atoms with Crippen molar-refractivity contribution in [3.8, 4) is 5.75 Å². The SMILES string of the molecule is O=C(O)c1ccoc1COc1ccccc1. The minimum absolute atomic E-state index is 0.110. The molecule has 0 unspecified atom stereocenters. The molecule has 0 amide bonds. The third-order valence-corrected chi connectivity index (χ3v) is 2.09. The molecule has 0 fully saturated rings. The number of rotatable bonds is 4. The molecule has 1 aromatic carbocycles. The Labute approximate surface area is 92.1 Å². The minimum Gasteiger partial charge on any atom is -0.486 e. The lowest BCUT2D eigenvalue weighted by molar-refractivity contribution is 0.0692. The predicted molar refractivity (Wildman–Crippen MR) is 56.4 cm³/mol. The van der Waals surface area contributed by atoms with Gasteiger partial charge in [-0.05, 0) is 18.2 Å². The Hall–Kier alpha value is -2.23. The first kappa shape index (κ1) is 10.3. The number of benzene rings is 1. The Kier molecular flexibility index (Phi) is 2.91. The van der Waals surface area contributed by atoms with Gasteiger partial charge in [0, 0.05) is 0 Å². The molecule has 4 heteroatoms. The van der Waals surface area contributed by atoms with Crippen molar-refractivity contribution >= 4 is 5.97 Å². The molecule has 2 rings (SSSR count). The monoisotopic (exact) mass is 218 g/mol. The second kappa shape index (κ2) is 4.53. The van der Waals surface area contributed by atoms with E-state index in [2.05, 4.69) is 0 Å². The summed E-state index contributed by atoms with van der Waals surface area (Å²) in [5, 5.41) is 8.84. The summed E-state index contributed by atoms with van der Waals surface area (Å²) in [6.45, 7) is 0.110. The average Bonchev–Trinajstić information content (AvgIpc) is 2.76. The first-order chi connectivity index (χ1) is 7.77. The lowest BCUT2D eigenvalue weighted by Gasteiger charge is -2.04. The smallest absolute Gasteiger partial charge is 0.339 e. The molecule has 0 saturated carbocycles. The van der Waals surface area contributed by atoms with Gasteiger partial charge in [0.15, 0.2) is 5.76 Å². The quantitative estimate of drug-likeness (QED) is 0.856. The molecule has 0 radical (unpaired) electrons. The second-order valence-electron chi connectivity index (χ2n) is 3.16. The Morgan fingerprint density at radius 2 is 2.00 bits per heavy atom. The van der Waals surface area contributed by atoms with E-state index in [-0.39, 0.29) is 12.2 Å². The van der Waals surface area contributed by atoms with E-state index in [1.54, 1.807) is 12.1 Å². The molecule has 0 atom stereocenters. The molecular formula is C12H10O4. The maximum atomic E-state index is 10.8. The number of hydrogen-bond acceptors (Lipinski definition) is 3. The number of para-hydroxylation sites is 1. The Bertz CT molecular complexity index is 473. The molecule has 0 saturated heterocycles. The van der Waals surface area contributed by atoms with Gasteiger partial charge in [-0.2, -0.15) is 0 Å². The maximum Gasteiger partial charge on any atom is 0.339 e. The Morgan fingerprint density at radius 1 is 1.25 bits per heavy atom. The van der Waals surface area contributed by atoms with Crippen molar-refractivity contribution in [3.63, 3.8) is 0 Å². The van der Waals surface area contributed by atoms with Crippen LogP contribution in [-0.4, -0.2) is 11.1 Å². The topological polar surface area (TPSA) is 59.7 Å². The summed E-state index contributed by atoms with van der Waals surface area (Å²) in [6, 6.07) is 10.6. The van der Waals surface area contributed by atoms with E-state index in [0.29, 0.717) is 11.5 Å². The van der Waals surface area contributed by atoms with Crippen LogP contribution in [0.4, 0.5) is 0 Å². The van der Waals surface area contributed by atoms with E-state index < -0.39 is 5.97 Å². The molecule has 82 valence electrons. The van der Waals surface area contributed by atoms with Crippen molar-refractivity contribution in [1.82, 2.24) is 0 Å². The summed E-state index contributed by atoms with van der Waals surface area (Å²) >= 11 is 0. The molecule has 0 aliphatic rings. The van der Waals surface area contributed by atoms with Gasteiger partial charge in [0.05, 0.1) is 6.26 Å². The van der Waals surface area contributed by atoms with Crippen LogP contribution in [0.2, 0.25) is 0 Å². The predicted octanol–water partition coefficient (Wildman–Crippen LogP) is 2.56. The van der Waals surface area contributed by atoms with E-state index in [4.69, 9.17) is 14.3 Å². The third-order valence-electron chi connectivity index (χ3n) is 2.09. The molecule has 0 aliphatic heterocycles. The molecule has 1 N–H and O–H groups in total. The van der Waals surface area contributed by atoms with E-state index >= 15 is 0 Å². The zero-order chi connectivity index (χ0) is 11.4. The van der Waals surface area contributed by atoms with Crippen molar-refractivity contribution in [2.75, 3.05) is 0 Å². The molecule has 16 heavy (non-hydrogen) atoms. The second-order valence-corrected chi connectivity index (χ2v) is 3.16. The first-order valence-electron chi connectivity index (χ1n) is 4.75. The third kappa shape index (κ3) is 2.23. The lowest BCUT2D eigenvalue weighted by atomic mass is 10.2. The van der Waals surface area contributed by atoms with Crippen molar-refractivity contribution in [2.24, 2.45) is 0 Å². The van der Waals surface area contributed by atoms with E-state index in [1.807, 2.05) is 18.2 Å². The molecule has 0 bridgehead atoms. The molecular weight excluding hydrogens is 208 g/mol. The molecule has 2 aromatic rings. The lowest BCUT2D eigenvalue weighted by Crippen LogP contribution is -2.02. The molecule has 1 aromatic heterocycles. The largest absolute Gasteiger partial charge is 0.486 e. The van der Waals surface area contributed by atoms with Gasteiger partial charge < -0.3 is 14.3 Å². The highest BCUT2D eigenvalue weighted by molar-refractivity contribution is 5.88. The van der Waals surface area contributed by atoms with E-state index in [9.17, 15) is 4.79 Å². The van der Waals surface area contributed by atoms with E-state index in [0.717, 1.165) is 0 Å². The number of carboxylic acids is 1. The van der Waals surface area contributed by atoms with Crippen LogP contribution in [0.5, 0.6) is 5.75 Å². The molecule has 0 aliphatic carbocycles. The summed E-state index contributed by atoms with van der Waals surface area (Å²) in [4.78, 5) is 10.8. The van der Waals surface area contributed by atoms with Crippen LogP contribution >= 0.6 is 0 Å². The number of carboxylic acid groups (broad SMARTS) is 1. The highest BCUT2D eigenvalue weighted by Gasteiger charge is 2.13. The summed E-state index contributed by atoms with van der Waals surface area (Å²) in [6.07, 6.45) is 1.34. The number of furan rings is 1. The first-order valence-corrected chi connectivity index (χ1v) is 4.75. The van der Waals surface area contributed by atoms with Gasteiger partial charge in [0.1, 0.15) is 17.9 Å². The number of aromatic carboxylic acids is 1. The fourth-order valence-electron chi connectivity index (χ4n) is 1.31. The number of ether oxygens (including phenoxy) is 1. The van der Waals surface area contributed by atoms with Crippen LogP contribution < -0.4 is 4.74 Å². The van der Waals surface area contributed by atoms with Gasteiger partial charge in [-0.1, -0.05) is 18.2 Å². The zero-order valence-electron chi connectivity index (χ0n) is 8.42. The van der Waals surface area contributed by atoms with Gasteiger partial charge in [-0.25, -0.2) is 4.79 Å². The van der Waals surface area contributed by atoms with Gasteiger partial charge >= 0.3 is 5.97 Å². The summed E-state index contributed by atoms with van der Waals surface area (Å²) in [5.74, 6) is -0.0213. The number of hydrogen-bond donors (Lipinski definition) is 1. The van der Waals surface area contributed by atoms with Crippen molar-refractivity contribution in [3.05, 3.63) is 54.0 Å². The summed E-state index contributed by atoms with van der Waals surface area (Å²) in [5.41, 5.74) is 0.135. The zero-order valence-corrected chi connectivity index (χ0v) is 8.42. The van der Waals surface area contributed by atoms with Gasteiger partial charge in [-0.15, -0.1) is 0 Å².